The fraction of sp³-hybridized carbons (Fsp3) is 0.579. The van der Waals surface area contributed by atoms with Crippen molar-refractivity contribution in [3.63, 3.8) is 0 Å². The number of hydrogen-bond acceptors (Lipinski definition) is 3. The van der Waals surface area contributed by atoms with Gasteiger partial charge in [0.25, 0.3) is 5.91 Å². The van der Waals surface area contributed by atoms with Gasteiger partial charge in [0.05, 0.1) is 0 Å². The number of nitrogens with one attached hydrogen (secondary N) is 1. The topological polar surface area (TPSA) is 66.4 Å². The molecule has 0 atom stereocenters. The minimum atomic E-state index is -1.11. The molecule has 2 N–H and O–H groups in total. The highest BCUT2D eigenvalue weighted by Crippen LogP contribution is 2.33. The van der Waals surface area contributed by atoms with Crippen LogP contribution in [0.1, 0.15) is 66.8 Å². The molecule has 0 radical (unpaired) electrons. The summed E-state index contributed by atoms with van der Waals surface area (Å²) in [5.74, 6) is 0.950. The van der Waals surface area contributed by atoms with E-state index < -0.39 is 11.5 Å². The summed E-state index contributed by atoms with van der Waals surface area (Å²) in [7, 11) is 0. The van der Waals surface area contributed by atoms with E-state index in [2.05, 4.69) is 5.32 Å². The number of aliphatic carboxylic acids is 1. The third-order valence-corrected chi connectivity index (χ3v) is 6.34. The van der Waals surface area contributed by atoms with E-state index in [9.17, 15) is 14.7 Å². The minimum Gasteiger partial charge on any atom is -0.480 e. The molecule has 0 unspecified atom stereocenters. The number of carboxylic acids is 1. The highest BCUT2D eigenvalue weighted by atomic mass is 32.2. The summed E-state index contributed by atoms with van der Waals surface area (Å²) in [6.45, 7) is 0. The second-order valence-electron chi connectivity index (χ2n) is 6.91. The Morgan fingerprint density at radius 2 is 1.67 bits per heavy atom. The standard InChI is InChI=1S/C19H25NO3S/c21-17(20-19(18(22)23)10-12-24-13-11-19)16-8-6-15(7-9-16)14-4-2-1-3-5-14/h6-9,14H,1-5,10-13H2,(H,20,21)(H,22,23). The van der Waals surface area contributed by atoms with E-state index in [-0.39, 0.29) is 5.91 Å². The Morgan fingerprint density at radius 3 is 2.25 bits per heavy atom. The smallest absolute Gasteiger partial charge is 0.329 e. The summed E-state index contributed by atoms with van der Waals surface area (Å²) in [4.78, 5) is 24.2. The Balaban J connectivity index is 1.69. The van der Waals surface area contributed by atoms with Crippen LogP contribution in [-0.4, -0.2) is 34.0 Å². The van der Waals surface area contributed by atoms with Crippen LogP contribution in [0.25, 0.3) is 0 Å². The van der Waals surface area contributed by atoms with E-state index in [4.69, 9.17) is 0 Å². The fourth-order valence-electron chi connectivity index (χ4n) is 3.74. The van der Waals surface area contributed by atoms with Gasteiger partial charge in [-0.15, -0.1) is 0 Å². The van der Waals surface area contributed by atoms with Crippen molar-refractivity contribution in [2.24, 2.45) is 0 Å². The molecule has 0 aromatic heterocycles. The Morgan fingerprint density at radius 1 is 1.04 bits per heavy atom. The maximum atomic E-state index is 12.5. The minimum absolute atomic E-state index is 0.278. The Hall–Kier alpha value is -1.49. The molecule has 5 heteroatoms. The van der Waals surface area contributed by atoms with Crippen molar-refractivity contribution in [2.75, 3.05) is 11.5 Å². The maximum absolute atomic E-state index is 12.5. The average molecular weight is 347 g/mol. The van der Waals surface area contributed by atoms with E-state index in [1.807, 2.05) is 24.3 Å². The van der Waals surface area contributed by atoms with Crippen molar-refractivity contribution in [3.8, 4) is 0 Å². The molecule has 4 nitrogen and oxygen atoms in total. The molecule has 0 bridgehead atoms. The summed E-state index contributed by atoms with van der Waals surface area (Å²) in [6.07, 6.45) is 7.32. The third-order valence-electron chi connectivity index (χ3n) is 5.36. The first kappa shape index (κ1) is 17.3. The van der Waals surface area contributed by atoms with Crippen LogP contribution < -0.4 is 5.32 Å². The van der Waals surface area contributed by atoms with Crippen LogP contribution in [-0.2, 0) is 4.79 Å². The van der Waals surface area contributed by atoms with Gasteiger partial charge in [-0.3, -0.25) is 4.79 Å². The highest BCUT2D eigenvalue weighted by Gasteiger charge is 2.41. The van der Waals surface area contributed by atoms with E-state index in [1.165, 1.54) is 37.7 Å². The predicted octanol–water partition coefficient (Wildman–Crippen LogP) is 3.81. The molecule has 1 aliphatic carbocycles. The molecular weight excluding hydrogens is 322 g/mol. The SMILES string of the molecule is O=C(NC1(C(=O)O)CCSCC1)c1ccc(C2CCCCC2)cc1. The third kappa shape index (κ3) is 3.77. The first-order valence-electron chi connectivity index (χ1n) is 8.84. The van der Waals surface area contributed by atoms with Gasteiger partial charge in [0.2, 0.25) is 0 Å². The monoisotopic (exact) mass is 347 g/mol. The molecule has 1 aliphatic heterocycles. The quantitative estimate of drug-likeness (QED) is 0.869. The van der Waals surface area contributed by atoms with Crippen molar-refractivity contribution in [3.05, 3.63) is 35.4 Å². The highest BCUT2D eigenvalue weighted by molar-refractivity contribution is 7.99. The number of thioether (sulfide) groups is 1. The maximum Gasteiger partial charge on any atom is 0.329 e. The Bertz CT molecular complexity index is 587. The number of carbonyl (C=O) groups is 2. The lowest BCUT2D eigenvalue weighted by molar-refractivity contribution is -0.144. The fourth-order valence-corrected chi connectivity index (χ4v) is 4.93. The molecular formula is C19H25NO3S. The lowest BCUT2D eigenvalue weighted by atomic mass is 9.84. The predicted molar refractivity (Wildman–Crippen MR) is 96.7 cm³/mol. The molecule has 0 spiro atoms. The van der Waals surface area contributed by atoms with Crippen molar-refractivity contribution < 1.29 is 14.7 Å². The summed E-state index contributed by atoms with van der Waals surface area (Å²) in [6, 6.07) is 7.75. The molecule has 1 saturated heterocycles. The van der Waals surface area contributed by atoms with Crippen LogP contribution in [0.5, 0.6) is 0 Å². The number of benzene rings is 1. The molecule has 1 aromatic rings. The van der Waals surface area contributed by atoms with E-state index in [0.717, 1.165) is 11.5 Å². The Labute approximate surface area is 147 Å². The van der Waals surface area contributed by atoms with Crippen LogP contribution >= 0.6 is 11.8 Å². The first-order valence-corrected chi connectivity index (χ1v) is 10.00. The molecule has 130 valence electrons. The molecule has 2 aliphatic rings. The number of carbonyl (C=O) groups excluding carboxylic acids is 1. The van der Waals surface area contributed by atoms with Gasteiger partial charge >= 0.3 is 5.97 Å². The van der Waals surface area contributed by atoms with Crippen molar-refractivity contribution >= 4 is 23.6 Å². The summed E-state index contributed by atoms with van der Waals surface area (Å²) < 4.78 is 0. The van der Waals surface area contributed by atoms with Gasteiger partial charge in [0.1, 0.15) is 5.54 Å². The van der Waals surface area contributed by atoms with Gasteiger partial charge in [-0.25, -0.2) is 4.79 Å². The number of hydrogen-bond donors (Lipinski definition) is 2. The van der Waals surface area contributed by atoms with Gasteiger partial charge < -0.3 is 10.4 Å². The average Bonchev–Trinajstić information content (AvgIpc) is 2.63. The van der Waals surface area contributed by atoms with Gasteiger partial charge in [-0.1, -0.05) is 31.4 Å². The Kier molecular flexibility index (Phi) is 5.49. The van der Waals surface area contributed by atoms with Crippen LogP contribution in [0.2, 0.25) is 0 Å². The number of rotatable bonds is 4. The van der Waals surface area contributed by atoms with E-state index >= 15 is 0 Å². The van der Waals surface area contributed by atoms with Crippen LogP contribution in [0.3, 0.4) is 0 Å². The first-order chi connectivity index (χ1) is 11.6. The molecule has 1 heterocycles. The van der Waals surface area contributed by atoms with Crippen LogP contribution in [0.4, 0.5) is 0 Å². The van der Waals surface area contributed by atoms with Gasteiger partial charge in [0, 0.05) is 5.56 Å². The molecule has 1 amide bonds. The summed E-state index contributed by atoms with van der Waals surface area (Å²) >= 11 is 1.74. The zero-order valence-electron chi connectivity index (χ0n) is 13.9. The van der Waals surface area contributed by atoms with Crippen molar-refractivity contribution in [1.82, 2.24) is 5.32 Å². The zero-order chi connectivity index (χ0) is 17.0. The van der Waals surface area contributed by atoms with Crippen LogP contribution in [0.15, 0.2) is 24.3 Å². The van der Waals surface area contributed by atoms with Crippen molar-refractivity contribution in [2.45, 2.75) is 56.4 Å². The molecule has 1 aromatic carbocycles. The molecule has 3 rings (SSSR count). The number of carboxylic acid groups (broad SMARTS) is 1. The van der Waals surface area contributed by atoms with Gasteiger partial charge in [-0.2, -0.15) is 11.8 Å². The zero-order valence-corrected chi connectivity index (χ0v) is 14.7. The second-order valence-corrected chi connectivity index (χ2v) is 8.14. The second kappa shape index (κ2) is 7.60. The normalized spacial score (nSPS) is 21.2. The lowest BCUT2D eigenvalue weighted by Gasteiger charge is -2.33. The van der Waals surface area contributed by atoms with Gasteiger partial charge in [0.15, 0.2) is 0 Å². The van der Waals surface area contributed by atoms with Crippen molar-refractivity contribution in [1.29, 1.82) is 0 Å². The summed E-state index contributed by atoms with van der Waals surface area (Å²) in [5, 5.41) is 12.4. The lowest BCUT2D eigenvalue weighted by Crippen LogP contribution is -2.56. The summed E-state index contributed by atoms with van der Waals surface area (Å²) in [5.41, 5.74) is 0.742. The van der Waals surface area contributed by atoms with Gasteiger partial charge in [-0.05, 0) is 60.8 Å². The largest absolute Gasteiger partial charge is 0.480 e. The molecule has 2 fully saturated rings. The van der Waals surface area contributed by atoms with E-state index in [0.29, 0.717) is 24.3 Å². The molecule has 24 heavy (non-hydrogen) atoms. The molecule has 1 saturated carbocycles. The number of amides is 1. The van der Waals surface area contributed by atoms with E-state index in [1.54, 1.807) is 11.8 Å². The van der Waals surface area contributed by atoms with Crippen LogP contribution in [0, 0.1) is 0 Å².